The number of hydrogen-bond acceptors (Lipinski definition) is 3. The van der Waals surface area contributed by atoms with Gasteiger partial charge >= 0.3 is 0 Å². The fraction of sp³-hybridized carbons (Fsp3) is 0.333. The Balaban J connectivity index is 2.32. The maximum Gasteiger partial charge on any atom is 0.222 e. The minimum atomic E-state index is -0.245. The highest BCUT2D eigenvalue weighted by atomic mass is 16.1. The number of aromatic nitrogens is 2. The van der Waals surface area contributed by atoms with Gasteiger partial charge in [0.05, 0.1) is 0 Å². The number of rotatable bonds is 6. The van der Waals surface area contributed by atoms with Crippen LogP contribution in [0.3, 0.4) is 0 Å². The average Bonchev–Trinajstić information content (AvgIpc) is 2.94. The minimum Gasteiger partial charge on any atom is -0.342 e. The summed E-state index contributed by atoms with van der Waals surface area (Å²) in [6.45, 7) is 3.20. The van der Waals surface area contributed by atoms with Crippen LogP contribution in [0, 0.1) is 0 Å². The molecule has 1 heterocycles. The van der Waals surface area contributed by atoms with Crippen molar-refractivity contribution in [2.75, 3.05) is 6.54 Å². The second-order valence-electron chi connectivity index (χ2n) is 4.52. The average molecular weight is 272 g/mol. The molecule has 0 radical (unpaired) electrons. The molecule has 1 unspecified atom stereocenters. The van der Waals surface area contributed by atoms with Crippen molar-refractivity contribution >= 4 is 5.91 Å². The number of hydrogen-bond donors (Lipinski definition) is 2. The Kier molecular flexibility index (Phi) is 4.90. The van der Waals surface area contributed by atoms with E-state index in [1.165, 1.54) is 0 Å². The van der Waals surface area contributed by atoms with Crippen molar-refractivity contribution in [2.24, 2.45) is 5.73 Å². The van der Waals surface area contributed by atoms with Gasteiger partial charge in [-0.05, 0) is 12.5 Å². The lowest BCUT2D eigenvalue weighted by molar-refractivity contribution is -0.121. The van der Waals surface area contributed by atoms with Crippen molar-refractivity contribution in [1.29, 1.82) is 0 Å². The standard InChI is InChI=1S/C15H20N4O/c1-2-19-11-10-17-15(19)14(18-13(20)8-9-16)12-6-4-3-5-7-12/h3-7,10-11,14H,2,8-9,16H2,1H3,(H,18,20). The van der Waals surface area contributed by atoms with Gasteiger partial charge in [-0.2, -0.15) is 0 Å². The summed E-state index contributed by atoms with van der Waals surface area (Å²) in [5.41, 5.74) is 6.45. The van der Waals surface area contributed by atoms with E-state index in [1.807, 2.05) is 41.1 Å². The molecule has 0 aliphatic heterocycles. The van der Waals surface area contributed by atoms with Gasteiger partial charge < -0.3 is 15.6 Å². The van der Waals surface area contributed by atoms with Gasteiger partial charge in [0.1, 0.15) is 11.9 Å². The molecule has 0 saturated heterocycles. The second-order valence-corrected chi connectivity index (χ2v) is 4.52. The van der Waals surface area contributed by atoms with Crippen LogP contribution in [0.2, 0.25) is 0 Å². The topological polar surface area (TPSA) is 72.9 Å². The summed E-state index contributed by atoms with van der Waals surface area (Å²) < 4.78 is 2.03. The fourth-order valence-corrected chi connectivity index (χ4v) is 2.16. The van der Waals surface area contributed by atoms with Crippen LogP contribution in [0.25, 0.3) is 0 Å². The number of carbonyl (C=O) groups is 1. The molecular weight excluding hydrogens is 252 g/mol. The summed E-state index contributed by atoms with van der Waals surface area (Å²) in [7, 11) is 0. The Morgan fingerprint density at radius 2 is 2.15 bits per heavy atom. The lowest BCUT2D eigenvalue weighted by Crippen LogP contribution is -2.32. The molecule has 1 aromatic heterocycles. The molecule has 0 aliphatic rings. The summed E-state index contributed by atoms with van der Waals surface area (Å²) in [4.78, 5) is 16.3. The lowest BCUT2D eigenvalue weighted by atomic mass is 10.1. The molecule has 0 saturated carbocycles. The number of nitrogens with one attached hydrogen (secondary N) is 1. The molecule has 2 rings (SSSR count). The third kappa shape index (κ3) is 3.24. The summed E-state index contributed by atoms with van der Waals surface area (Å²) in [6.07, 6.45) is 3.99. The predicted molar refractivity (Wildman–Crippen MR) is 78.0 cm³/mol. The van der Waals surface area contributed by atoms with Gasteiger partial charge in [0.25, 0.3) is 0 Å². The van der Waals surface area contributed by atoms with E-state index in [0.29, 0.717) is 13.0 Å². The first-order valence-corrected chi connectivity index (χ1v) is 6.81. The molecule has 2 aromatic rings. The maximum absolute atomic E-state index is 11.9. The van der Waals surface area contributed by atoms with E-state index < -0.39 is 0 Å². The molecular formula is C15H20N4O. The van der Waals surface area contributed by atoms with E-state index in [0.717, 1.165) is 17.9 Å². The van der Waals surface area contributed by atoms with Crippen molar-refractivity contribution < 1.29 is 4.79 Å². The fourth-order valence-electron chi connectivity index (χ4n) is 2.16. The van der Waals surface area contributed by atoms with Gasteiger partial charge in [-0.25, -0.2) is 4.98 Å². The molecule has 1 aromatic carbocycles. The highest BCUT2D eigenvalue weighted by Crippen LogP contribution is 2.20. The van der Waals surface area contributed by atoms with Gasteiger partial charge in [0, 0.05) is 31.9 Å². The van der Waals surface area contributed by atoms with Crippen molar-refractivity contribution in [3.05, 3.63) is 54.1 Å². The number of amides is 1. The molecule has 0 bridgehead atoms. The largest absolute Gasteiger partial charge is 0.342 e. The van der Waals surface area contributed by atoms with Gasteiger partial charge in [-0.1, -0.05) is 30.3 Å². The van der Waals surface area contributed by atoms with Crippen LogP contribution < -0.4 is 11.1 Å². The van der Waals surface area contributed by atoms with Crippen molar-refractivity contribution in [2.45, 2.75) is 25.9 Å². The molecule has 0 spiro atoms. The van der Waals surface area contributed by atoms with Crippen LogP contribution >= 0.6 is 0 Å². The van der Waals surface area contributed by atoms with E-state index >= 15 is 0 Å². The van der Waals surface area contributed by atoms with E-state index in [4.69, 9.17) is 5.73 Å². The van der Waals surface area contributed by atoms with Crippen LogP contribution in [0.15, 0.2) is 42.7 Å². The zero-order chi connectivity index (χ0) is 14.4. The third-order valence-electron chi connectivity index (χ3n) is 3.16. The van der Waals surface area contributed by atoms with Crippen LogP contribution in [-0.4, -0.2) is 22.0 Å². The number of nitrogens with zero attached hydrogens (tertiary/aromatic N) is 2. The Labute approximate surface area is 118 Å². The zero-order valence-corrected chi connectivity index (χ0v) is 11.6. The Morgan fingerprint density at radius 1 is 1.40 bits per heavy atom. The molecule has 5 nitrogen and oxygen atoms in total. The summed E-state index contributed by atoms with van der Waals surface area (Å²) in [6, 6.07) is 9.59. The second kappa shape index (κ2) is 6.86. The van der Waals surface area contributed by atoms with Crippen LogP contribution in [0.1, 0.15) is 30.8 Å². The number of nitrogens with two attached hydrogens (primary N) is 1. The molecule has 106 valence electrons. The Bertz CT molecular complexity index is 550. The first kappa shape index (κ1) is 14.3. The molecule has 1 atom stereocenters. The maximum atomic E-state index is 11.9. The van der Waals surface area contributed by atoms with Crippen LogP contribution in [-0.2, 0) is 11.3 Å². The van der Waals surface area contributed by atoms with E-state index in [1.54, 1.807) is 6.20 Å². The SMILES string of the molecule is CCn1ccnc1C(NC(=O)CCN)c1ccccc1. The van der Waals surface area contributed by atoms with Crippen molar-refractivity contribution in [3.63, 3.8) is 0 Å². The lowest BCUT2D eigenvalue weighted by Gasteiger charge is -2.19. The predicted octanol–water partition coefficient (Wildman–Crippen LogP) is 1.46. The van der Waals surface area contributed by atoms with Crippen LogP contribution in [0.4, 0.5) is 0 Å². The number of aryl methyl sites for hydroxylation is 1. The molecule has 20 heavy (non-hydrogen) atoms. The van der Waals surface area contributed by atoms with Gasteiger partial charge in [0.15, 0.2) is 0 Å². The van der Waals surface area contributed by atoms with Gasteiger partial charge in [-0.15, -0.1) is 0 Å². The third-order valence-corrected chi connectivity index (χ3v) is 3.16. The summed E-state index contributed by atoms with van der Waals surface area (Å²) in [5.74, 6) is 0.774. The monoisotopic (exact) mass is 272 g/mol. The molecule has 1 amide bonds. The smallest absolute Gasteiger partial charge is 0.222 e. The van der Waals surface area contributed by atoms with E-state index in [-0.39, 0.29) is 11.9 Å². The Hall–Kier alpha value is -2.14. The molecule has 3 N–H and O–H groups in total. The molecule has 0 fully saturated rings. The highest BCUT2D eigenvalue weighted by Gasteiger charge is 2.20. The first-order chi connectivity index (χ1) is 9.76. The van der Waals surface area contributed by atoms with E-state index in [9.17, 15) is 4.79 Å². The highest BCUT2D eigenvalue weighted by molar-refractivity contribution is 5.77. The first-order valence-electron chi connectivity index (χ1n) is 6.81. The number of benzene rings is 1. The van der Waals surface area contributed by atoms with Gasteiger partial charge in [0.2, 0.25) is 5.91 Å². The van der Waals surface area contributed by atoms with Crippen LogP contribution in [0.5, 0.6) is 0 Å². The van der Waals surface area contributed by atoms with Crippen molar-refractivity contribution in [1.82, 2.24) is 14.9 Å². The summed E-state index contributed by atoms with van der Waals surface area (Å²) in [5, 5.41) is 3.01. The molecule has 5 heteroatoms. The Morgan fingerprint density at radius 3 is 2.80 bits per heavy atom. The van der Waals surface area contributed by atoms with Crippen molar-refractivity contribution in [3.8, 4) is 0 Å². The van der Waals surface area contributed by atoms with E-state index in [2.05, 4.69) is 17.2 Å². The quantitative estimate of drug-likeness (QED) is 0.836. The summed E-state index contributed by atoms with van der Waals surface area (Å²) >= 11 is 0. The molecule has 0 aliphatic carbocycles. The van der Waals surface area contributed by atoms with Gasteiger partial charge in [-0.3, -0.25) is 4.79 Å². The number of carbonyl (C=O) groups excluding carboxylic acids is 1. The zero-order valence-electron chi connectivity index (χ0n) is 11.6. The number of imidazole rings is 1. The normalized spacial score (nSPS) is 12.1. The minimum absolute atomic E-state index is 0.0630.